The molecule has 0 unspecified atom stereocenters. The molecule has 0 aliphatic carbocycles. The van der Waals surface area contributed by atoms with E-state index in [9.17, 15) is 4.79 Å². The lowest BCUT2D eigenvalue weighted by Crippen LogP contribution is -2.22. The molecule has 0 heterocycles. The first-order valence-electron chi connectivity index (χ1n) is 6.08. The van der Waals surface area contributed by atoms with Crippen molar-refractivity contribution in [3.63, 3.8) is 0 Å². The molecule has 0 bridgehead atoms. The average molecular weight is 254 g/mol. The Morgan fingerprint density at radius 1 is 1.06 bits per heavy atom. The van der Waals surface area contributed by atoms with E-state index in [0.717, 1.165) is 31.8 Å². The molecule has 3 N–H and O–H groups in total. The van der Waals surface area contributed by atoms with Crippen LogP contribution >= 0.6 is 0 Å². The summed E-state index contributed by atoms with van der Waals surface area (Å²) in [5.41, 5.74) is 0. The largest absolute Gasteiger partial charge is 0.478 e. The minimum Gasteiger partial charge on any atom is -0.478 e. The third kappa shape index (κ3) is 14.6. The average Bonchev–Trinajstić information content (AvgIpc) is 2.24. The fourth-order valence-corrected chi connectivity index (χ4v) is 1.30. The van der Waals surface area contributed by atoms with E-state index in [-0.39, 0.29) is 0 Å². The highest BCUT2D eigenvalue weighted by molar-refractivity contribution is 5.80. The highest BCUT2D eigenvalue weighted by atomic mass is 16.5. The third-order valence-corrected chi connectivity index (χ3v) is 2.17. The lowest BCUT2D eigenvalue weighted by molar-refractivity contribution is -0.149. The predicted molar refractivity (Wildman–Crippen MR) is 71.0 cm³/mol. The molecule has 18 heavy (non-hydrogen) atoms. The van der Waals surface area contributed by atoms with Crippen LogP contribution in [0.3, 0.4) is 0 Å². The number of hydrogen-bond donors (Lipinski definition) is 3. The van der Waals surface area contributed by atoms with E-state index in [1.165, 1.54) is 13.0 Å². The zero-order valence-electron chi connectivity index (χ0n) is 10.7. The molecule has 0 spiro atoms. The highest BCUT2D eigenvalue weighted by Crippen LogP contribution is 2.09. The molecule has 0 fully saturated rings. The van der Waals surface area contributed by atoms with Crippen LogP contribution in [0.4, 0.5) is 0 Å². The van der Waals surface area contributed by atoms with Crippen LogP contribution in [0.15, 0.2) is 36.5 Å². The second-order valence-corrected chi connectivity index (χ2v) is 4.28. The van der Waals surface area contributed by atoms with Gasteiger partial charge in [-0.2, -0.15) is 0 Å². The smallest absolute Gasteiger partial charge is 0.328 e. The monoisotopic (exact) mass is 254 g/mol. The van der Waals surface area contributed by atoms with Gasteiger partial charge in [-0.3, -0.25) is 0 Å². The molecule has 0 saturated heterocycles. The molecule has 102 valence electrons. The summed E-state index contributed by atoms with van der Waals surface area (Å²) < 4.78 is 0. The maximum absolute atomic E-state index is 10.1. The van der Waals surface area contributed by atoms with Gasteiger partial charge in [-0.25, -0.2) is 4.79 Å². The quantitative estimate of drug-likeness (QED) is 0.194. The Kier molecular flexibility index (Phi) is 8.88. The lowest BCUT2D eigenvalue weighted by atomic mass is 10.1. The number of rotatable bonds is 9. The van der Waals surface area contributed by atoms with Crippen molar-refractivity contribution in [2.45, 2.75) is 44.8 Å². The van der Waals surface area contributed by atoms with Gasteiger partial charge in [0.05, 0.1) is 0 Å². The van der Waals surface area contributed by atoms with E-state index in [1.807, 2.05) is 18.2 Å². The van der Waals surface area contributed by atoms with E-state index in [4.69, 9.17) is 15.3 Å². The van der Waals surface area contributed by atoms with Crippen LogP contribution in [0.5, 0.6) is 0 Å². The van der Waals surface area contributed by atoms with E-state index >= 15 is 0 Å². The number of unbranched alkanes of at least 4 members (excludes halogenated alkanes) is 2. The van der Waals surface area contributed by atoms with Crippen LogP contribution in [0.1, 0.15) is 39.0 Å². The molecule has 0 rings (SSSR count). The van der Waals surface area contributed by atoms with Crippen molar-refractivity contribution < 1.29 is 20.1 Å². The van der Waals surface area contributed by atoms with Crippen LogP contribution < -0.4 is 0 Å². The summed E-state index contributed by atoms with van der Waals surface area (Å²) in [5, 5.41) is 26.4. The maximum Gasteiger partial charge on any atom is 0.328 e. The molecule has 0 amide bonds. The first kappa shape index (κ1) is 16.6. The topological polar surface area (TPSA) is 77.8 Å². The highest BCUT2D eigenvalue weighted by Gasteiger charge is 2.12. The second-order valence-electron chi connectivity index (χ2n) is 4.28. The van der Waals surface area contributed by atoms with Gasteiger partial charge in [-0.15, -0.1) is 0 Å². The van der Waals surface area contributed by atoms with Crippen molar-refractivity contribution in [2.75, 3.05) is 0 Å². The molecule has 0 aromatic heterocycles. The van der Waals surface area contributed by atoms with Crippen molar-refractivity contribution in [1.82, 2.24) is 0 Å². The normalized spacial score (nSPS) is 13.1. The van der Waals surface area contributed by atoms with Gasteiger partial charge in [0.1, 0.15) is 0 Å². The molecule has 0 aliphatic heterocycles. The van der Waals surface area contributed by atoms with Crippen molar-refractivity contribution >= 4 is 5.97 Å². The molecule has 0 atom stereocenters. The molecule has 0 saturated carbocycles. The van der Waals surface area contributed by atoms with Crippen molar-refractivity contribution in [2.24, 2.45) is 0 Å². The number of hydrogen-bond acceptors (Lipinski definition) is 3. The summed E-state index contributed by atoms with van der Waals surface area (Å²) >= 11 is 0. The van der Waals surface area contributed by atoms with Crippen molar-refractivity contribution in [3.05, 3.63) is 36.5 Å². The van der Waals surface area contributed by atoms with Gasteiger partial charge in [0.25, 0.3) is 0 Å². The Balaban J connectivity index is 3.47. The van der Waals surface area contributed by atoms with Gasteiger partial charge in [-0.05, 0) is 32.6 Å². The first-order chi connectivity index (χ1) is 8.42. The van der Waals surface area contributed by atoms with E-state index in [1.54, 1.807) is 6.08 Å². The number of aliphatic hydroxyl groups is 2. The second kappa shape index (κ2) is 9.62. The number of aliphatic carboxylic acids is 1. The molecule has 0 aromatic carbocycles. The summed E-state index contributed by atoms with van der Waals surface area (Å²) in [6, 6.07) is 0. The molecule has 4 heteroatoms. The number of carbonyl (C=O) groups is 1. The summed E-state index contributed by atoms with van der Waals surface area (Å²) in [6.07, 6.45) is 14.0. The Morgan fingerprint density at radius 3 is 2.28 bits per heavy atom. The maximum atomic E-state index is 10.1. The van der Waals surface area contributed by atoms with E-state index in [0.29, 0.717) is 6.42 Å². The van der Waals surface area contributed by atoms with Gasteiger partial charge >= 0.3 is 5.97 Å². The van der Waals surface area contributed by atoms with Crippen LogP contribution in [-0.2, 0) is 4.79 Å². The summed E-state index contributed by atoms with van der Waals surface area (Å²) in [5.74, 6) is -2.51. The predicted octanol–water partition coefficient (Wildman–Crippen LogP) is 2.39. The van der Waals surface area contributed by atoms with E-state index in [2.05, 4.69) is 0 Å². The van der Waals surface area contributed by atoms with Gasteiger partial charge in [0.2, 0.25) is 0 Å². The number of carboxylic acids is 1. The lowest BCUT2D eigenvalue weighted by Gasteiger charge is -2.14. The molecular formula is C14H22O4. The van der Waals surface area contributed by atoms with Crippen LogP contribution in [0.2, 0.25) is 0 Å². The van der Waals surface area contributed by atoms with Crippen molar-refractivity contribution in [3.8, 4) is 0 Å². The zero-order chi connectivity index (χ0) is 13.9. The standard InChI is InChI=1S/C14H22O4/c1-14(17,18)12-10-8-6-4-2-3-5-7-9-11-13(15)16/h4-7,9,11,17-18H,2-3,8,10,12H2,1H3,(H,15,16). The Morgan fingerprint density at radius 2 is 1.67 bits per heavy atom. The minimum atomic E-state index is -1.56. The third-order valence-electron chi connectivity index (χ3n) is 2.17. The summed E-state index contributed by atoms with van der Waals surface area (Å²) in [7, 11) is 0. The minimum absolute atomic E-state index is 0.372. The van der Waals surface area contributed by atoms with Crippen LogP contribution in [0, 0.1) is 0 Å². The Hall–Kier alpha value is -1.39. The molecule has 0 aliphatic rings. The first-order valence-corrected chi connectivity index (χ1v) is 6.08. The SMILES string of the molecule is CC(O)(O)CCCC=CCCC=CC=CC(=O)O. The van der Waals surface area contributed by atoms with Crippen molar-refractivity contribution in [1.29, 1.82) is 0 Å². The number of carboxylic acid groups (broad SMARTS) is 1. The zero-order valence-corrected chi connectivity index (χ0v) is 10.7. The Bertz CT molecular complexity index is 308. The van der Waals surface area contributed by atoms with Gasteiger partial charge < -0.3 is 15.3 Å². The molecule has 0 radical (unpaired) electrons. The van der Waals surface area contributed by atoms with E-state index < -0.39 is 11.8 Å². The fourth-order valence-electron chi connectivity index (χ4n) is 1.30. The van der Waals surface area contributed by atoms with Gasteiger partial charge in [0, 0.05) is 12.5 Å². The molecule has 4 nitrogen and oxygen atoms in total. The summed E-state index contributed by atoms with van der Waals surface area (Å²) in [4.78, 5) is 10.1. The molecular weight excluding hydrogens is 232 g/mol. The Labute approximate surface area is 108 Å². The van der Waals surface area contributed by atoms with Gasteiger partial charge in [0.15, 0.2) is 5.79 Å². The van der Waals surface area contributed by atoms with Gasteiger partial charge in [-0.1, -0.05) is 30.4 Å². The number of allylic oxidation sites excluding steroid dienone is 5. The molecule has 0 aromatic rings. The fraction of sp³-hybridized carbons (Fsp3) is 0.500. The van der Waals surface area contributed by atoms with Crippen LogP contribution in [-0.4, -0.2) is 27.1 Å². The summed E-state index contributed by atoms with van der Waals surface area (Å²) in [6.45, 7) is 1.38. The van der Waals surface area contributed by atoms with Crippen LogP contribution in [0.25, 0.3) is 0 Å².